The zero-order valence-corrected chi connectivity index (χ0v) is 12.1. The molecule has 0 amide bonds. The highest BCUT2D eigenvalue weighted by Crippen LogP contribution is 2.32. The average molecular weight is 306 g/mol. The van der Waals surface area contributed by atoms with Crippen molar-refractivity contribution in [3.8, 4) is 11.8 Å². The minimum atomic E-state index is -4.59. The highest BCUT2D eigenvalue weighted by Gasteiger charge is 2.40. The molecule has 0 bridgehead atoms. The monoisotopic (exact) mass is 305 g/mol. The van der Waals surface area contributed by atoms with E-state index in [4.69, 9.17) is 21.6 Å². The number of hydrogen-bond acceptors (Lipinski definition) is 2. The number of rotatable bonds is 4. The van der Waals surface area contributed by atoms with Gasteiger partial charge in [0.1, 0.15) is 12.4 Å². The van der Waals surface area contributed by atoms with E-state index in [0.717, 1.165) is 5.56 Å². The summed E-state index contributed by atoms with van der Waals surface area (Å²) in [5, 5.41) is 9.08. The lowest BCUT2D eigenvalue weighted by Crippen LogP contribution is -2.27. The van der Waals surface area contributed by atoms with Crippen LogP contribution in [0, 0.1) is 24.2 Å². The van der Waals surface area contributed by atoms with Gasteiger partial charge < -0.3 is 4.74 Å². The van der Waals surface area contributed by atoms with Gasteiger partial charge in [-0.25, -0.2) is 0 Å². The third-order valence-electron chi connectivity index (χ3n) is 2.87. The number of hydrogen-bond donors (Lipinski definition) is 0. The van der Waals surface area contributed by atoms with Crippen LogP contribution in [0.15, 0.2) is 12.1 Å². The standard InChI is InChI=1S/C14H15ClF3NO/c1-8(2)11-5-13(9(3)4-12(11)15)20-7-10(6-19)14(16,17)18/h4-5,8,10H,7H2,1-3H3. The summed E-state index contributed by atoms with van der Waals surface area (Å²) in [6, 6.07) is 4.49. The molecule has 0 spiro atoms. The van der Waals surface area contributed by atoms with Gasteiger partial charge in [0.25, 0.3) is 0 Å². The number of nitrogens with zero attached hydrogens (tertiary/aromatic N) is 1. The van der Waals surface area contributed by atoms with Crippen LogP contribution in [0.5, 0.6) is 5.75 Å². The van der Waals surface area contributed by atoms with E-state index in [2.05, 4.69) is 0 Å². The topological polar surface area (TPSA) is 33.0 Å². The molecule has 0 fully saturated rings. The van der Waals surface area contributed by atoms with Crippen molar-refractivity contribution in [3.05, 3.63) is 28.3 Å². The maximum absolute atomic E-state index is 12.5. The van der Waals surface area contributed by atoms with Crippen molar-refractivity contribution in [2.75, 3.05) is 6.61 Å². The Morgan fingerprint density at radius 3 is 2.40 bits per heavy atom. The summed E-state index contributed by atoms with van der Waals surface area (Å²) < 4.78 is 42.6. The molecule has 110 valence electrons. The SMILES string of the molecule is Cc1cc(Cl)c(C(C)C)cc1OCC(C#N)C(F)(F)F. The van der Waals surface area contributed by atoms with E-state index in [1.807, 2.05) is 13.8 Å². The summed E-state index contributed by atoms with van der Waals surface area (Å²) in [6.45, 7) is 4.82. The van der Waals surface area contributed by atoms with Crippen molar-refractivity contribution >= 4 is 11.6 Å². The summed E-state index contributed by atoms with van der Waals surface area (Å²) >= 11 is 6.07. The first-order valence-corrected chi connectivity index (χ1v) is 6.43. The van der Waals surface area contributed by atoms with E-state index >= 15 is 0 Å². The number of ether oxygens (including phenoxy) is 1. The third-order valence-corrected chi connectivity index (χ3v) is 3.20. The number of nitriles is 1. The van der Waals surface area contributed by atoms with Gasteiger partial charge in [0, 0.05) is 5.02 Å². The predicted molar refractivity (Wildman–Crippen MR) is 70.9 cm³/mol. The van der Waals surface area contributed by atoms with Crippen molar-refractivity contribution in [1.82, 2.24) is 0 Å². The van der Waals surface area contributed by atoms with Crippen LogP contribution in [0.3, 0.4) is 0 Å². The van der Waals surface area contributed by atoms with Crippen LogP contribution in [-0.4, -0.2) is 12.8 Å². The molecule has 0 heterocycles. The molecule has 0 aliphatic heterocycles. The Hall–Kier alpha value is -1.41. The van der Waals surface area contributed by atoms with Crippen LogP contribution in [0.25, 0.3) is 0 Å². The van der Waals surface area contributed by atoms with Crippen LogP contribution in [-0.2, 0) is 0 Å². The second kappa shape index (κ2) is 6.36. The van der Waals surface area contributed by atoms with E-state index in [1.165, 1.54) is 6.07 Å². The third kappa shape index (κ3) is 4.04. The fourth-order valence-corrected chi connectivity index (χ4v) is 2.08. The van der Waals surface area contributed by atoms with Gasteiger partial charge >= 0.3 is 6.18 Å². The Bertz CT molecular complexity index is 520. The zero-order chi connectivity index (χ0) is 15.5. The molecule has 0 N–H and O–H groups in total. The first-order valence-electron chi connectivity index (χ1n) is 6.06. The number of alkyl halides is 3. The van der Waals surface area contributed by atoms with Gasteiger partial charge in [-0.2, -0.15) is 18.4 Å². The van der Waals surface area contributed by atoms with Gasteiger partial charge in [-0.05, 0) is 36.1 Å². The summed E-state index contributed by atoms with van der Waals surface area (Å²) in [5.41, 5.74) is 1.44. The molecule has 1 aromatic carbocycles. The number of benzene rings is 1. The normalized spacial score (nSPS) is 13.2. The Balaban J connectivity index is 2.94. The summed E-state index contributed by atoms with van der Waals surface area (Å²) in [6.07, 6.45) is -4.59. The maximum atomic E-state index is 12.5. The smallest absolute Gasteiger partial charge is 0.407 e. The summed E-state index contributed by atoms with van der Waals surface area (Å²) in [7, 11) is 0. The lowest BCUT2D eigenvalue weighted by molar-refractivity contribution is -0.165. The quantitative estimate of drug-likeness (QED) is 0.796. The minimum Gasteiger partial charge on any atom is -0.492 e. The van der Waals surface area contributed by atoms with Gasteiger partial charge in [0.15, 0.2) is 5.92 Å². The van der Waals surface area contributed by atoms with Gasteiger partial charge in [-0.1, -0.05) is 25.4 Å². The molecule has 6 heteroatoms. The fourth-order valence-electron chi connectivity index (χ4n) is 1.64. The zero-order valence-electron chi connectivity index (χ0n) is 11.4. The van der Waals surface area contributed by atoms with Crippen LogP contribution in [0.4, 0.5) is 13.2 Å². The van der Waals surface area contributed by atoms with E-state index in [1.54, 1.807) is 19.1 Å². The number of halogens is 4. The van der Waals surface area contributed by atoms with Crippen molar-refractivity contribution in [2.45, 2.75) is 32.9 Å². The molecule has 1 rings (SSSR count). The van der Waals surface area contributed by atoms with Gasteiger partial charge in [-0.15, -0.1) is 0 Å². The predicted octanol–water partition coefficient (Wildman–Crippen LogP) is 4.85. The van der Waals surface area contributed by atoms with Gasteiger partial charge in [0.05, 0.1) is 6.07 Å². The molecule has 0 aromatic heterocycles. The second-order valence-electron chi connectivity index (χ2n) is 4.83. The highest BCUT2D eigenvalue weighted by molar-refractivity contribution is 6.31. The highest BCUT2D eigenvalue weighted by atomic mass is 35.5. The first-order chi connectivity index (χ1) is 9.16. The lowest BCUT2D eigenvalue weighted by atomic mass is 10.0. The van der Waals surface area contributed by atoms with Crippen molar-refractivity contribution in [3.63, 3.8) is 0 Å². The van der Waals surface area contributed by atoms with Crippen LogP contribution in [0.1, 0.15) is 30.9 Å². The Morgan fingerprint density at radius 1 is 1.35 bits per heavy atom. The molecule has 20 heavy (non-hydrogen) atoms. The molecule has 1 aromatic rings. The average Bonchev–Trinajstić information content (AvgIpc) is 2.30. The van der Waals surface area contributed by atoms with Crippen LogP contribution < -0.4 is 4.74 Å². The lowest BCUT2D eigenvalue weighted by Gasteiger charge is -2.17. The Morgan fingerprint density at radius 2 is 1.95 bits per heavy atom. The summed E-state index contributed by atoms with van der Waals surface area (Å²) in [4.78, 5) is 0. The maximum Gasteiger partial charge on any atom is 0.407 e. The second-order valence-corrected chi connectivity index (χ2v) is 5.24. The van der Waals surface area contributed by atoms with Crippen molar-refractivity contribution in [1.29, 1.82) is 5.26 Å². The molecule has 1 unspecified atom stereocenters. The number of aryl methyl sites for hydroxylation is 1. The first kappa shape index (κ1) is 16.6. The molecule has 0 aliphatic rings. The molecule has 0 saturated carbocycles. The van der Waals surface area contributed by atoms with Crippen molar-refractivity contribution in [2.24, 2.45) is 5.92 Å². The molecule has 0 radical (unpaired) electrons. The fraction of sp³-hybridized carbons (Fsp3) is 0.500. The van der Waals surface area contributed by atoms with E-state index in [-0.39, 0.29) is 5.92 Å². The molecule has 0 saturated heterocycles. The van der Waals surface area contributed by atoms with Crippen LogP contribution in [0.2, 0.25) is 5.02 Å². The molecule has 0 aliphatic carbocycles. The Kier molecular flexibility index (Phi) is 5.29. The Labute approximate surface area is 121 Å². The van der Waals surface area contributed by atoms with Gasteiger partial charge in [0.2, 0.25) is 0 Å². The molecular formula is C14H15ClF3NO. The molecule has 1 atom stereocenters. The molecular weight excluding hydrogens is 291 g/mol. The summed E-state index contributed by atoms with van der Waals surface area (Å²) in [5.74, 6) is -1.69. The minimum absolute atomic E-state index is 0.125. The van der Waals surface area contributed by atoms with Crippen molar-refractivity contribution < 1.29 is 17.9 Å². The molecule has 2 nitrogen and oxygen atoms in total. The van der Waals surface area contributed by atoms with E-state index < -0.39 is 18.7 Å². The van der Waals surface area contributed by atoms with E-state index in [9.17, 15) is 13.2 Å². The largest absolute Gasteiger partial charge is 0.492 e. The van der Waals surface area contributed by atoms with Gasteiger partial charge in [-0.3, -0.25) is 0 Å². The van der Waals surface area contributed by atoms with E-state index in [0.29, 0.717) is 16.3 Å². The van der Waals surface area contributed by atoms with Crippen LogP contribution >= 0.6 is 11.6 Å².